The summed E-state index contributed by atoms with van der Waals surface area (Å²) >= 11 is 0. The number of carbonyl (C=O) groups excluding carboxylic acids is 1. The van der Waals surface area contributed by atoms with Crippen LogP contribution in [0.5, 0.6) is 0 Å². The Bertz CT molecular complexity index is 1440. The van der Waals surface area contributed by atoms with E-state index in [4.69, 9.17) is 4.98 Å². The lowest BCUT2D eigenvalue weighted by atomic mass is 10.1. The molecule has 190 valence electrons. The van der Waals surface area contributed by atoms with Crippen LogP contribution in [0.1, 0.15) is 34.1 Å². The maximum Gasteiger partial charge on any atom is 0.416 e. The Balaban J connectivity index is 1.35. The van der Waals surface area contributed by atoms with Crippen molar-refractivity contribution in [3.05, 3.63) is 89.1 Å². The molecular formula is C29H27F3N4O. The molecule has 1 aromatic heterocycles. The van der Waals surface area contributed by atoms with Crippen molar-refractivity contribution in [1.82, 2.24) is 14.9 Å². The van der Waals surface area contributed by atoms with E-state index >= 15 is 0 Å². The number of benzene rings is 3. The fraction of sp³-hybridized carbons (Fsp3) is 0.276. The molecule has 1 fully saturated rings. The zero-order valence-corrected chi connectivity index (χ0v) is 20.7. The van der Waals surface area contributed by atoms with Gasteiger partial charge in [-0.05, 0) is 48.4 Å². The average molecular weight is 505 g/mol. The first-order valence-corrected chi connectivity index (χ1v) is 12.3. The third kappa shape index (κ3) is 5.01. The Labute approximate surface area is 213 Å². The summed E-state index contributed by atoms with van der Waals surface area (Å²) in [5, 5.41) is 2.13. The van der Waals surface area contributed by atoms with Gasteiger partial charge in [0, 0.05) is 48.6 Å². The molecule has 0 unspecified atom stereocenters. The molecule has 0 bridgehead atoms. The summed E-state index contributed by atoms with van der Waals surface area (Å²) in [6.45, 7) is 6.25. The fourth-order valence-electron chi connectivity index (χ4n) is 4.82. The minimum atomic E-state index is -4.39. The highest BCUT2D eigenvalue weighted by Gasteiger charge is 2.30. The SMILES string of the molecule is CCc1c(C)nc(-c2ccc(C(F)(F)F)cc2)nc1N1CCN(C(=O)c2ccc3ccccc3c2)CC1. The highest BCUT2D eigenvalue weighted by molar-refractivity contribution is 5.98. The van der Waals surface area contributed by atoms with Crippen LogP contribution in [0.2, 0.25) is 0 Å². The van der Waals surface area contributed by atoms with Gasteiger partial charge < -0.3 is 9.80 Å². The number of carbonyl (C=O) groups is 1. The van der Waals surface area contributed by atoms with Crippen molar-refractivity contribution in [1.29, 1.82) is 0 Å². The van der Waals surface area contributed by atoms with Crippen molar-refractivity contribution in [2.45, 2.75) is 26.4 Å². The van der Waals surface area contributed by atoms with Crippen LogP contribution in [-0.4, -0.2) is 47.0 Å². The number of aromatic nitrogens is 2. The number of nitrogens with zero attached hydrogens (tertiary/aromatic N) is 4. The van der Waals surface area contributed by atoms with Crippen molar-refractivity contribution >= 4 is 22.5 Å². The maximum atomic E-state index is 13.2. The van der Waals surface area contributed by atoms with Crippen LogP contribution in [0.4, 0.5) is 19.0 Å². The monoisotopic (exact) mass is 504 g/mol. The molecule has 0 aliphatic carbocycles. The van der Waals surface area contributed by atoms with Crippen LogP contribution in [0.15, 0.2) is 66.7 Å². The molecule has 5 rings (SSSR count). The van der Waals surface area contributed by atoms with Gasteiger partial charge in [-0.25, -0.2) is 9.97 Å². The standard InChI is InChI=1S/C29H27F3N4O/c1-3-25-19(2)33-26(21-10-12-24(13-11-21)29(30,31)32)34-27(25)35-14-16-36(17-15-35)28(37)23-9-8-20-6-4-5-7-22(20)18-23/h4-13,18H,3,14-17H2,1-2H3. The first-order valence-electron chi connectivity index (χ1n) is 12.3. The van der Waals surface area contributed by atoms with E-state index in [-0.39, 0.29) is 5.91 Å². The molecule has 4 aromatic rings. The van der Waals surface area contributed by atoms with E-state index in [1.807, 2.05) is 61.2 Å². The number of piperazine rings is 1. The number of hydrogen-bond acceptors (Lipinski definition) is 4. The molecule has 2 heterocycles. The Morgan fingerprint density at radius 1 is 0.892 bits per heavy atom. The van der Waals surface area contributed by atoms with E-state index in [1.165, 1.54) is 12.1 Å². The van der Waals surface area contributed by atoms with Crippen LogP contribution in [-0.2, 0) is 12.6 Å². The Morgan fingerprint density at radius 3 is 2.22 bits per heavy atom. The van der Waals surface area contributed by atoms with E-state index in [0.717, 1.165) is 46.4 Å². The van der Waals surface area contributed by atoms with Crippen molar-refractivity contribution < 1.29 is 18.0 Å². The maximum absolute atomic E-state index is 13.2. The van der Waals surface area contributed by atoms with E-state index in [2.05, 4.69) is 9.88 Å². The third-order valence-electron chi connectivity index (χ3n) is 6.88. The zero-order chi connectivity index (χ0) is 26.2. The number of amides is 1. The van der Waals surface area contributed by atoms with Crippen LogP contribution in [0.25, 0.3) is 22.2 Å². The van der Waals surface area contributed by atoms with Crippen molar-refractivity contribution in [2.24, 2.45) is 0 Å². The number of alkyl halides is 3. The number of hydrogen-bond donors (Lipinski definition) is 0. The largest absolute Gasteiger partial charge is 0.416 e. The molecule has 3 aromatic carbocycles. The van der Waals surface area contributed by atoms with Crippen LogP contribution >= 0.6 is 0 Å². The molecule has 0 radical (unpaired) electrons. The molecule has 0 N–H and O–H groups in total. The van der Waals surface area contributed by atoms with Crippen molar-refractivity contribution in [3.8, 4) is 11.4 Å². The average Bonchev–Trinajstić information content (AvgIpc) is 2.91. The van der Waals surface area contributed by atoms with Gasteiger partial charge in [0.05, 0.1) is 5.56 Å². The molecule has 0 atom stereocenters. The molecule has 1 saturated heterocycles. The van der Waals surface area contributed by atoms with E-state index in [9.17, 15) is 18.0 Å². The summed E-state index contributed by atoms with van der Waals surface area (Å²) in [4.78, 5) is 26.6. The summed E-state index contributed by atoms with van der Waals surface area (Å²) in [5.41, 5.74) is 2.31. The molecule has 1 aliphatic heterocycles. The highest BCUT2D eigenvalue weighted by Crippen LogP contribution is 2.32. The molecule has 1 aliphatic rings. The fourth-order valence-corrected chi connectivity index (χ4v) is 4.82. The van der Waals surface area contributed by atoms with Crippen LogP contribution in [0, 0.1) is 6.92 Å². The first kappa shape index (κ1) is 24.7. The lowest BCUT2D eigenvalue weighted by Gasteiger charge is -2.36. The number of halogens is 3. The van der Waals surface area contributed by atoms with Gasteiger partial charge >= 0.3 is 6.18 Å². The Hall–Kier alpha value is -3.94. The summed E-state index contributed by atoms with van der Waals surface area (Å²) < 4.78 is 39.0. The summed E-state index contributed by atoms with van der Waals surface area (Å²) in [5.74, 6) is 1.18. The summed E-state index contributed by atoms with van der Waals surface area (Å²) in [6, 6.07) is 18.7. The van der Waals surface area contributed by atoms with Gasteiger partial charge in [-0.2, -0.15) is 13.2 Å². The second-order valence-corrected chi connectivity index (χ2v) is 9.20. The summed E-state index contributed by atoms with van der Waals surface area (Å²) in [6.07, 6.45) is -3.67. The van der Waals surface area contributed by atoms with Gasteiger partial charge in [-0.3, -0.25) is 4.79 Å². The van der Waals surface area contributed by atoms with E-state index in [0.29, 0.717) is 43.1 Å². The third-order valence-corrected chi connectivity index (χ3v) is 6.88. The lowest BCUT2D eigenvalue weighted by molar-refractivity contribution is -0.137. The lowest BCUT2D eigenvalue weighted by Crippen LogP contribution is -2.49. The quantitative estimate of drug-likeness (QED) is 0.335. The predicted molar refractivity (Wildman–Crippen MR) is 139 cm³/mol. The predicted octanol–water partition coefficient (Wildman–Crippen LogP) is 6.15. The van der Waals surface area contributed by atoms with Gasteiger partial charge in [-0.1, -0.05) is 49.4 Å². The van der Waals surface area contributed by atoms with Gasteiger partial charge in [0.2, 0.25) is 0 Å². The topological polar surface area (TPSA) is 49.3 Å². The second-order valence-electron chi connectivity index (χ2n) is 9.20. The number of anilines is 1. The first-order chi connectivity index (χ1) is 17.7. The van der Waals surface area contributed by atoms with E-state index < -0.39 is 11.7 Å². The molecule has 37 heavy (non-hydrogen) atoms. The van der Waals surface area contributed by atoms with Gasteiger partial charge in [0.1, 0.15) is 5.82 Å². The number of rotatable bonds is 4. The normalized spacial score (nSPS) is 14.3. The smallest absolute Gasteiger partial charge is 0.353 e. The molecule has 0 spiro atoms. The van der Waals surface area contributed by atoms with E-state index in [1.54, 1.807) is 0 Å². The van der Waals surface area contributed by atoms with Crippen molar-refractivity contribution in [2.75, 3.05) is 31.1 Å². The minimum Gasteiger partial charge on any atom is -0.353 e. The zero-order valence-electron chi connectivity index (χ0n) is 20.7. The molecule has 0 saturated carbocycles. The van der Waals surface area contributed by atoms with Gasteiger partial charge in [-0.15, -0.1) is 0 Å². The molecular weight excluding hydrogens is 477 g/mol. The van der Waals surface area contributed by atoms with Gasteiger partial charge in [0.25, 0.3) is 5.91 Å². The van der Waals surface area contributed by atoms with Gasteiger partial charge in [0.15, 0.2) is 5.82 Å². The molecule has 5 nitrogen and oxygen atoms in total. The molecule has 1 amide bonds. The molecule has 8 heteroatoms. The Kier molecular flexibility index (Phi) is 6.58. The second kappa shape index (κ2) is 9.84. The highest BCUT2D eigenvalue weighted by atomic mass is 19.4. The van der Waals surface area contributed by atoms with Crippen LogP contribution in [0.3, 0.4) is 0 Å². The number of aryl methyl sites for hydroxylation is 1. The van der Waals surface area contributed by atoms with Crippen LogP contribution < -0.4 is 4.90 Å². The van der Waals surface area contributed by atoms with Crippen molar-refractivity contribution in [3.63, 3.8) is 0 Å². The Morgan fingerprint density at radius 2 is 1.57 bits per heavy atom. The summed E-state index contributed by atoms with van der Waals surface area (Å²) in [7, 11) is 0. The minimum absolute atomic E-state index is 0.00503. The number of fused-ring (bicyclic) bond motifs is 1.